The van der Waals surface area contributed by atoms with Crippen molar-refractivity contribution in [1.29, 1.82) is 0 Å². The summed E-state index contributed by atoms with van der Waals surface area (Å²) < 4.78 is 39.8. The Morgan fingerprint density at radius 1 is 1.17 bits per heavy atom. The number of carbonyl (C=O) groups is 1. The second-order valence-electron chi connectivity index (χ2n) is 6.85. The summed E-state index contributed by atoms with van der Waals surface area (Å²) >= 11 is 0. The van der Waals surface area contributed by atoms with Crippen LogP contribution in [0.3, 0.4) is 0 Å². The molecule has 0 spiro atoms. The molecule has 0 unspecified atom stereocenters. The molecule has 0 radical (unpaired) electrons. The number of fused-ring (bicyclic) bond motifs is 2. The van der Waals surface area contributed by atoms with Crippen LogP contribution < -0.4 is 4.72 Å². The zero-order chi connectivity index (χ0) is 21.5. The van der Waals surface area contributed by atoms with E-state index in [4.69, 9.17) is 9.15 Å². The van der Waals surface area contributed by atoms with Gasteiger partial charge in [-0.25, -0.2) is 13.2 Å². The molecule has 0 saturated carbocycles. The highest BCUT2D eigenvalue weighted by molar-refractivity contribution is 7.93. The Kier molecular flexibility index (Phi) is 4.95. The molecular formula is C22H20N2O5S. The van der Waals surface area contributed by atoms with E-state index in [1.807, 2.05) is 0 Å². The van der Waals surface area contributed by atoms with Crippen molar-refractivity contribution in [2.75, 3.05) is 11.3 Å². The fraction of sp³-hybridized carbons (Fsp3) is 0.182. The number of furan rings is 1. The third-order valence-corrected chi connectivity index (χ3v) is 6.22. The van der Waals surface area contributed by atoms with Gasteiger partial charge in [0.05, 0.1) is 17.8 Å². The minimum atomic E-state index is -3.93. The number of nitrogens with one attached hydrogen (secondary N) is 1. The molecule has 1 N–H and O–H groups in total. The number of aromatic nitrogens is 1. The van der Waals surface area contributed by atoms with Crippen LogP contribution in [-0.4, -0.2) is 26.0 Å². The van der Waals surface area contributed by atoms with E-state index in [0.717, 1.165) is 5.39 Å². The maximum atomic E-state index is 13.2. The van der Waals surface area contributed by atoms with Crippen molar-refractivity contribution < 1.29 is 22.4 Å². The molecular weight excluding hydrogens is 404 g/mol. The van der Waals surface area contributed by atoms with Gasteiger partial charge < -0.3 is 9.15 Å². The van der Waals surface area contributed by atoms with E-state index >= 15 is 0 Å². The lowest BCUT2D eigenvalue weighted by atomic mass is 10.1. The first-order chi connectivity index (χ1) is 14.3. The number of benzene rings is 2. The SMILES string of the molecule is CCOC(=O)c1c(C)oc2cc(C)c(NS(=O)(=O)c3cccc4cccnc34)cc12. The fourth-order valence-electron chi connectivity index (χ4n) is 3.43. The summed E-state index contributed by atoms with van der Waals surface area (Å²) in [6.45, 7) is 5.38. The first-order valence-electron chi connectivity index (χ1n) is 9.39. The van der Waals surface area contributed by atoms with E-state index in [2.05, 4.69) is 9.71 Å². The molecule has 4 aromatic rings. The number of pyridine rings is 1. The molecule has 0 amide bonds. The number of esters is 1. The minimum absolute atomic E-state index is 0.0779. The second-order valence-corrected chi connectivity index (χ2v) is 8.50. The van der Waals surface area contributed by atoms with Crippen molar-refractivity contribution in [2.24, 2.45) is 0 Å². The molecule has 154 valence electrons. The Bertz CT molecular complexity index is 1380. The normalized spacial score (nSPS) is 11.7. The molecule has 7 nitrogen and oxygen atoms in total. The summed E-state index contributed by atoms with van der Waals surface area (Å²) in [5.41, 5.74) is 2.17. The van der Waals surface area contributed by atoms with Crippen molar-refractivity contribution in [3.05, 3.63) is 65.5 Å². The average molecular weight is 424 g/mol. The van der Waals surface area contributed by atoms with Gasteiger partial charge in [0.25, 0.3) is 10.0 Å². The van der Waals surface area contributed by atoms with E-state index in [1.54, 1.807) is 63.4 Å². The average Bonchev–Trinajstić information content (AvgIpc) is 3.02. The maximum Gasteiger partial charge on any atom is 0.342 e. The van der Waals surface area contributed by atoms with Crippen molar-refractivity contribution in [3.8, 4) is 0 Å². The van der Waals surface area contributed by atoms with Crippen molar-refractivity contribution >= 4 is 43.6 Å². The third kappa shape index (κ3) is 3.39. The molecule has 0 aliphatic carbocycles. The second kappa shape index (κ2) is 7.46. The quantitative estimate of drug-likeness (QED) is 0.471. The maximum absolute atomic E-state index is 13.2. The van der Waals surface area contributed by atoms with Gasteiger partial charge in [0, 0.05) is 17.0 Å². The van der Waals surface area contributed by atoms with Crippen LogP contribution in [0.25, 0.3) is 21.9 Å². The summed E-state index contributed by atoms with van der Waals surface area (Å²) in [6, 6.07) is 11.8. The lowest BCUT2D eigenvalue weighted by molar-refractivity contribution is 0.0526. The van der Waals surface area contributed by atoms with Crippen LogP contribution in [0.2, 0.25) is 0 Å². The van der Waals surface area contributed by atoms with E-state index in [9.17, 15) is 13.2 Å². The van der Waals surface area contributed by atoms with Gasteiger partial charge >= 0.3 is 5.97 Å². The molecule has 0 aliphatic heterocycles. The molecule has 0 fully saturated rings. The van der Waals surface area contributed by atoms with E-state index in [0.29, 0.717) is 39.1 Å². The first-order valence-corrected chi connectivity index (χ1v) is 10.9. The Morgan fingerprint density at radius 3 is 2.70 bits per heavy atom. The van der Waals surface area contributed by atoms with Crippen LogP contribution >= 0.6 is 0 Å². The topological polar surface area (TPSA) is 98.5 Å². The minimum Gasteiger partial charge on any atom is -0.462 e. The number of nitrogens with zero attached hydrogens (tertiary/aromatic N) is 1. The lowest BCUT2D eigenvalue weighted by Crippen LogP contribution is -2.14. The zero-order valence-corrected chi connectivity index (χ0v) is 17.5. The number of anilines is 1. The molecule has 30 heavy (non-hydrogen) atoms. The molecule has 2 heterocycles. The van der Waals surface area contributed by atoms with Crippen LogP contribution in [0.1, 0.15) is 28.6 Å². The monoisotopic (exact) mass is 424 g/mol. The van der Waals surface area contributed by atoms with Gasteiger partial charge in [0.15, 0.2) is 0 Å². The summed E-state index contributed by atoms with van der Waals surface area (Å²) in [6.07, 6.45) is 1.55. The van der Waals surface area contributed by atoms with Gasteiger partial charge in [-0.3, -0.25) is 9.71 Å². The Morgan fingerprint density at radius 2 is 1.93 bits per heavy atom. The zero-order valence-electron chi connectivity index (χ0n) is 16.7. The van der Waals surface area contributed by atoms with Gasteiger partial charge in [-0.05, 0) is 50.6 Å². The van der Waals surface area contributed by atoms with E-state index in [-0.39, 0.29) is 11.5 Å². The number of carbonyl (C=O) groups excluding carboxylic acids is 1. The number of rotatable bonds is 5. The third-order valence-electron chi connectivity index (χ3n) is 4.82. The highest BCUT2D eigenvalue weighted by atomic mass is 32.2. The van der Waals surface area contributed by atoms with E-state index < -0.39 is 16.0 Å². The van der Waals surface area contributed by atoms with Gasteiger partial charge in [-0.1, -0.05) is 18.2 Å². The number of para-hydroxylation sites is 1. The lowest BCUT2D eigenvalue weighted by Gasteiger charge is -2.12. The van der Waals surface area contributed by atoms with Crippen LogP contribution in [0.15, 0.2) is 58.0 Å². The van der Waals surface area contributed by atoms with Crippen molar-refractivity contribution in [3.63, 3.8) is 0 Å². The molecule has 0 bridgehead atoms. The number of aryl methyl sites for hydroxylation is 2. The number of sulfonamides is 1. The predicted octanol–water partition coefficient (Wildman–Crippen LogP) is 4.58. The highest BCUT2D eigenvalue weighted by Gasteiger charge is 2.23. The van der Waals surface area contributed by atoms with Gasteiger partial charge in [-0.2, -0.15) is 0 Å². The van der Waals surface area contributed by atoms with Gasteiger partial charge in [-0.15, -0.1) is 0 Å². The van der Waals surface area contributed by atoms with Crippen LogP contribution in [-0.2, 0) is 14.8 Å². The van der Waals surface area contributed by atoms with Gasteiger partial charge in [0.2, 0.25) is 0 Å². The molecule has 0 saturated heterocycles. The fourth-order valence-corrected chi connectivity index (χ4v) is 4.73. The number of hydrogen-bond donors (Lipinski definition) is 1. The molecule has 2 aromatic carbocycles. The Labute approximate surface area is 173 Å². The Hall–Kier alpha value is -3.39. The smallest absolute Gasteiger partial charge is 0.342 e. The highest BCUT2D eigenvalue weighted by Crippen LogP contribution is 2.32. The number of hydrogen-bond acceptors (Lipinski definition) is 6. The summed E-state index contributed by atoms with van der Waals surface area (Å²) in [7, 11) is -3.93. The van der Waals surface area contributed by atoms with Gasteiger partial charge in [0.1, 0.15) is 21.8 Å². The summed E-state index contributed by atoms with van der Waals surface area (Å²) in [5.74, 6) is -0.0919. The molecule has 8 heteroatoms. The summed E-state index contributed by atoms with van der Waals surface area (Å²) in [5, 5.41) is 1.22. The largest absolute Gasteiger partial charge is 0.462 e. The van der Waals surface area contributed by atoms with E-state index in [1.165, 1.54) is 6.07 Å². The molecule has 0 atom stereocenters. The molecule has 0 aliphatic rings. The van der Waals surface area contributed by atoms with Crippen LogP contribution in [0.5, 0.6) is 0 Å². The molecule has 4 rings (SSSR count). The summed E-state index contributed by atoms with van der Waals surface area (Å²) in [4.78, 5) is 16.7. The van der Waals surface area contributed by atoms with Crippen LogP contribution in [0.4, 0.5) is 5.69 Å². The first kappa shape index (κ1) is 19.9. The number of ether oxygens (including phenoxy) is 1. The predicted molar refractivity (Wildman–Crippen MR) is 114 cm³/mol. The standard InChI is InChI=1S/C22H20N2O5S/c1-4-28-22(25)20-14(3)29-18-11-13(2)17(12-16(18)20)24-30(26,27)19-9-5-7-15-8-6-10-23-21(15)19/h5-12,24H,4H2,1-3H3. The molecule has 2 aromatic heterocycles. The Balaban J connectivity index is 1.82. The van der Waals surface area contributed by atoms with Crippen molar-refractivity contribution in [2.45, 2.75) is 25.7 Å². The van der Waals surface area contributed by atoms with Crippen molar-refractivity contribution in [1.82, 2.24) is 4.98 Å². The van der Waals surface area contributed by atoms with Crippen LogP contribution in [0, 0.1) is 13.8 Å².